The maximum absolute atomic E-state index is 13.6. The molecule has 0 saturated carbocycles. The summed E-state index contributed by atoms with van der Waals surface area (Å²) >= 11 is 0. The van der Waals surface area contributed by atoms with E-state index >= 15 is 0 Å². The maximum atomic E-state index is 13.6. The van der Waals surface area contributed by atoms with Crippen molar-refractivity contribution in [1.29, 1.82) is 0 Å². The number of nitrogens with zero attached hydrogens (tertiary/aromatic N) is 6. The summed E-state index contributed by atoms with van der Waals surface area (Å²) < 4.78 is 53.3. The minimum Gasteiger partial charge on any atom is -0.494 e. The second kappa shape index (κ2) is 10.8. The molecule has 0 radical (unpaired) electrons. The van der Waals surface area contributed by atoms with Crippen LogP contribution >= 0.6 is 0 Å². The van der Waals surface area contributed by atoms with Crippen LogP contribution in [-0.4, -0.2) is 64.9 Å². The van der Waals surface area contributed by atoms with Gasteiger partial charge in [-0.05, 0) is 45.4 Å². The van der Waals surface area contributed by atoms with Gasteiger partial charge in [0.05, 0.1) is 14.2 Å². The number of nitrogens with one attached hydrogen (secondary N) is 1. The minimum atomic E-state index is -4.13. The van der Waals surface area contributed by atoms with Crippen molar-refractivity contribution in [2.24, 2.45) is 0 Å². The number of hydrogen-bond acceptors (Lipinski definition) is 11. The Kier molecular flexibility index (Phi) is 7.64. The van der Waals surface area contributed by atoms with Crippen LogP contribution in [0.15, 0.2) is 35.1 Å². The van der Waals surface area contributed by atoms with Gasteiger partial charge in [0, 0.05) is 25.1 Å². The molecular formula is C24H29N7O6S. The number of rotatable bonds is 10. The fourth-order valence-electron chi connectivity index (χ4n) is 3.83. The summed E-state index contributed by atoms with van der Waals surface area (Å²) in [6.45, 7) is 6.91. The molecule has 0 bridgehead atoms. The molecule has 0 aliphatic rings. The van der Waals surface area contributed by atoms with E-state index in [0.717, 1.165) is 5.56 Å². The number of methoxy groups -OCH3 is 3. The molecule has 3 aromatic heterocycles. The molecule has 4 aromatic rings. The Morgan fingerprint density at radius 2 is 1.63 bits per heavy atom. The lowest BCUT2D eigenvalue weighted by molar-refractivity contribution is 0.0949. The van der Waals surface area contributed by atoms with Gasteiger partial charge in [-0.3, -0.25) is 9.29 Å². The molecule has 0 aliphatic heterocycles. The smallest absolute Gasteiger partial charge is 0.243 e. The number of hydrogen-bond donors (Lipinski definition) is 1. The number of ether oxygens (including phenoxy) is 3. The molecule has 202 valence electrons. The van der Waals surface area contributed by atoms with Gasteiger partial charge in [-0.25, -0.2) is 18.4 Å². The van der Waals surface area contributed by atoms with Gasteiger partial charge < -0.3 is 18.7 Å². The molecule has 14 heteroatoms. The van der Waals surface area contributed by atoms with E-state index in [0.29, 0.717) is 34.2 Å². The molecule has 1 aromatic carbocycles. The van der Waals surface area contributed by atoms with Crippen LogP contribution in [0.2, 0.25) is 0 Å². The van der Waals surface area contributed by atoms with E-state index < -0.39 is 21.4 Å². The first-order valence-corrected chi connectivity index (χ1v) is 13.1. The van der Waals surface area contributed by atoms with Crippen molar-refractivity contribution in [2.75, 3.05) is 26.1 Å². The van der Waals surface area contributed by atoms with Gasteiger partial charge in [0.1, 0.15) is 34.3 Å². The van der Waals surface area contributed by atoms with Gasteiger partial charge in [-0.15, -0.1) is 10.2 Å². The molecular weight excluding hydrogens is 514 g/mol. The van der Waals surface area contributed by atoms with Crippen LogP contribution in [0, 0.1) is 20.8 Å². The second-order valence-electron chi connectivity index (χ2n) is 8.53. The normalized spacial score (nSPS) is 13.2. The minimum absolute atomic E-state index is 0.116. The van der Waals surface area contributed by atoms with Gasteiger partial charge in [0.2, 0.25) is 16.0 Å². The van der Waals surface area contributed by atoms with Crippen LogP contribution in [0.3, 0.4) is 0 Å². The zero-order chi connectivity index (χ0) is 27.6. The summed E-state index contributed by atoms with van der Waals surface area (Å²) in [5, 5.41) is 11.4. The molecule has 13 nitrogen and oxygen atoms in total. The van der Waals surface area contributed by atoms with E-state index in [4.69, 9.17) is 18.7 Å². The van der Waals surface area contributed by atoms with Crippen LogP contribution in [0.25, 0.3) is 17.2 Å². The first kappa shape index (κ1) is 27.0. The topological polar surface area (TPSA) is 156 Å². The highest BCUT2D eigenvalue weighted by molar-refractivity contribution is 7.93. The number of benzene rings is 1. The third kappa shape index (κ3) is 4.91. The second-order valence-corrected chi connectivity index (χ2v) is 10.6. The molecule has 1 N–H and O–H groups in total. The summed E-state index contributed by atoms with van der Waals surface area (Å²) in [4.78, 5) is 8.49. The number of sulfonamides is 1. The van der Waals surface area contributed by atoms with Crippen molar-refractivity contribution in [3.05, 3.63) is 53.3 Å². The molecule has 0 spiro atoms. The average molecular weight is 544 g/mol. The highest BCUT2D eigenvalue weighted by Crippen LogP contribution is 2.38. The van der Waals surface area contributed by atoms with Gasteiger partial charge in [-0.2, -0.15) is 0 Å². The summed E-state index contributed by atoms with van der Waals surface area (Å²) in [6, 6.07) is 5.16. The van der Waals surface area contributed by atoms with Crippen LogP contribution in [0.4, 0.5) is 5.95 Å². The molecule has 38 heavy (non-hydrogen) atoms. The van der Waals surface area contributed by atoms with Crippen molar-refractivity contribution in [3.63, 3.8) is 0 Å². The SMILES string of the molecule is COc1cccc(OC)c1-n1c(NS(=O)(=O)C(C)C(OC)c2ncc(C)cn2)nnc1-c1noc(C)c1C. The van der Waals surface area contributed by atoms with Crippen LogP contribution in [-0.2, 0) is 14.8 Å². The quantitative estimate of drug-likeness (QED) is 0.313. The van der Waals surface area contributed by atoms with Crippen LogP contribution in [0.1, 0.15) is 35.7 Å². The summed E-state index contributed by atoms with van der Waals surface area (Å²) in [5.74, 6) is 1.70. The molecule has 0 saturated heterocycles. The van der Waals surface area contributed by atoms with E-state index in [1.807, 2.05) is 13.8 Å². The van der Waals surface area contributed by atoms with E-state index in [1.165, 1.54) is 32.8 Å². The summed E-state index contributed by atoms with van der Waals surface area (Å²) in [7, 11) is 0.250. The molecule has 3 heterocycles. The van der Waals surface area contributed by atoms with E-state index in [9.17, 15) is 8.42 Å². The van der Waals surface area contributed by atoms with Gasteiger partial charge >= 0.3 is 0 Å². The van der Waals surface area contributed by atoms with E-state index in [-0.39, 0.29) is 17.6 Å². The highest BCUT2D eigenvalue weighted by Gasteiger charge is 2.35. The van der Waals surface area contributed by atoms with Gasteiger partial charge in [0.25, 0.3) is 0 Å². The monoisotopic (exact) mass is 543 g/mol. The van der Waals surface area contributed by atoms with Crippen LogP contribution in [0.5, 0.6) is 11.5 Å². The molecule has 2 atom stereocenters. The number of aryl methyl sites for hydroxylation is 2. The Morgan fingerprint density at radius 3 is 2.16 bits per heavy atom. The Morgan fingerprint density at radius 1 is 1.00 bits per heavy atom. The Balaban J connectivity index is 1.85. The van der Waals surface area contributed by atoms with Crippen molar-refractivity contribution < 1.29 is 27.2 Å². The molecule has 0 fully saturated rings. The third-order valence-corrected chi connectivity index (χ3v) is 7.81. The van der Waals surface area contributed by atoms with Gasteiger partial charge in [0.15, 0.2) is 17.3 Å². The fourth-order valence-corrected chi connectivity index (χ4v) is 4.96. The fraction of sp³-hybridized carbons (Fsp3) is 0.375. The Hall–Kier alpha value is -4.04. The lowest BCUT2D eigenvalue weighted by Gasteiger charge is -2.22. The van der Waals surface area contributed by atoms with E-state index in [1.54, 1.807) is 37.5 Å². The number of para-hydroxylation sites is 1. The predicted molar refractivity (Wildman–Crippen MR) is 138 cm³/mol. The molecule has 0 amide bonds. The highest BCUT2D eigenvalue weighted by atomic mass is 32.2. The predicted octanol–water partition coefficient (Wildman–Crippen LogP) is 3.17. The van der Waals surface area contributed by atoms with Crippen molar-refractivity contribution >= 4 is 16.0 Å². The van der Waals surface area contributed by atoms with Gasteiger partial charge in [-0.1, -0.05) is 11.2 Å². The van der Waals surface area contributed by atoms with Crippen molar-refractivity contribution in [1.82, 2.24) is 29.9 Å². The number of anilines is 1. The van der Waals surface area contributed by atoms with Crippen LogP contribution < -0.4 is 14.2 Å². The standard InChI is InChI=1S/C24H29N7O6S/c1-13-11-25-22(26-12-13)21(36-7)16(4)38(32,33)30-24-28-27-23(19-14(2)15(3)37-29-19)31(24)20-17(34-5)9-8-10-18(20)35-6/h8-12,16,21H,1-7H3,(H,28,30). The molecule has 2 unspecified atom stereocenters. The lowest BCUT2D eigenvalue weighted by atomic mass is 10.2. The largest absolute Gasteiger partial charge is 0.494 e. The first-order chi connectivity index (χ1) is 18.1. The summed E-state index contributed by atoms with van der Waals surface area (Å²) in [5.41, 5.74) is 2.30. The Labute approximate surface area is 220 Å². The average Bonchev–Trinajstić information content (AvgIpc) is 3.46. The lowest BCUT2D eigenvalue weighted by Crippen LogP contribution is -2.33. The molecule has 4 rings (SSSR count). The van der Waals surface area contributed by atoms with E-state index in [2.05, 4.69) is 30.0 Å². The zero-order valence-corrected chi connectivity index (χ0v) is 22.9. The van der Waals surface area contributed by atoms with Crippen molar-refractivity contribution in [3.8, 4) is 28.7 Å². The molecule has 0 aliphatic carbocycles. The zero-order valence-electron chi connectivity index (χ0n) is 22.1. The first-order valence-electron chi connectivity index (χ1n) is 11.6. The van der Waals surface area contributed by atoms with Crippen molar-refractivity contribution in [2.45, 2.75) is 39.0 Å². The third-order valence-electron chi connectivity index (χ3n) is 6.12. The maximum Gasteiger partial charge on any atom is 0.243 e. The Bertz CT molecular complexity index is 1510. The summed E-state index contributed by atoms with van der Waals surface area (Å²) in [6.07, 6.45) is 2.24. The number of aromatic nitrogens is 6.